The van der Waals surface area contributed by atoms with Crippen LogP contribution in [-0.2, 0) is 25.7 Å². The second kappa shape index (κ2) is 14.1. The number of unbranched alkanes of at least 4 members (excludes halogenated alkanes) is 4. The lowest BCUT2D eigenvalue weighted by Gasteiger charge is -2.23. The number of anilines is 1. The summed E-state index contributed by atoms with van der Waals surface area (Å²) in [6.07, 6.45) is 13.8. The van der Waals surface area contributed by atoms with E-state index < -0.39 is 0 Å². The van der Waals surface area contributed by atoms with Crippen LogP contribution in [0.3, 0.4) is 0 Å². The summed E-state index contributed by atoms with van der Waals surface area (Å²) in [6.45, 7) is 9.03. The Balaban J connectivity index is 2.58. The van der Waals surface area contributed by atoms with Gasteiger partial charge in [0.05, 0.1) is 0 Å². The standard InChI is InChI=1S/C29H43NO/c1-5-9-16-23-22-28(29(31)30-24-17-14-13-15-18-24)27(21-12-8-4)26(20-11-7-3)25(23)19-10-6-2/h13-15,17-18,22H,5-12,16,19-21H2,1-4H3,(H,30,31). The molecule has 0 bridgehead atoms. The van der Waals surface area contributed by atoms with E-state index in [1.165, 1.54) is 55.2 Å². The van der Waals surface area contributed by atoms with E-state index in [4.69, 9.17) is 0 Å². The number of nitrogens with one attached hydrogen (secondary N) is 1. The number of amides is 1. The van der Waals surface area contributed by atoms with Crippen LogP contribution >= 0.6 is 0 Å². The Hall–Kier alpha value is -2.09. The van der Waals surface area contributed by atoms with E-state index in [1.54, 1.807) is 5.56 Å². The molecule has 0 heterocycles. The van der Waals surface area contributed by atoms with E-state index in [0.29, 0.717) is 0 Å². The molecule has 2 heteroatoms. The summed E-state index contributed by atoms with van der Waals surface area (Å²) in [4.78, 5) is 13.5. The molecule has 170 valence electrons. The van der Waals surface area contributed by atoms with Crippen molar-refractivity contribution in [1.82, 2.24) is 0 Å². The first-order valence-electron chi connectivity index (χ1n) is 12.7. The fraction of sp³-hybridized carbons (Fsp3) is 0.552. The molecule has 0 saturated carbocycles. The fourth-order valence-corrected chi connectivity index (χ4v) is 4.36. The van der Waals surface area contributed by atoms with Gasteiger partial charge in [-0.05, 0) is 91.8 Å². The average Bonchev–Trinajstić information content (AvgIpc) is 2.79. The summed E-state index contributed by atoms with van der Waals surface area (Å²) in [5.74, 6) is 0.0508. The van der Waals surface area contributed by atoms with Crippen LogP contribution < -0.4 is 5.32 Å². The van der Waals surface area contributed by atoms with E-state index >= 15 is 0 Å². The molecule has 2 nitrogen and oxygen atoms in total. The highest BCUT2D eigenvalue weighted by molar-refractivity contribution is 6.05. The molecule has 0 aliphatic heterocycles. The van der Waals surface area contributed by atoms with Crippen LogP contribution in [0.2, 0.25) is 0 Å². The van der Waals surface area contributed by atoms with Gasteiger partial charge in [-0.2, -0.15) is 0 Å². The third kappa shape index (κ3) is 7.52. The van der Waals surface area contributed by atoms with Gasteiger partial charge in [-0.15, -0.1) is 0 Å². The molecule has 0 aromatic heterocycles. The summed E-state index contributed by atoms with van der Waals surface area (Å²) in [5.41, 5.74) is 7.57. The minimum Gasteiger partial charge on any atom is -0.322 e. The zero-order chi connectivity index (χ0) is 22.5. The average molecular weight is 422 g/mol. The third-order valence-electron chi connectivity index (χ3n) is 6.18. The number of aryl methyl sites for hydroxylation is 1. The maximum Gasteiger partial charge on any atom is 0.255 e. The van der Waals surface area contributed by atoms with Gasteiger partial charge in [-0.3, -0.25) is 4.79 Å². The van der Waals surface area contributed by atoms with Crippen LogP contribution in [0.1, 0.15) is 112 Å². The molecule has 0 saturated heterocycles. The molecule has 2 rings (SSSR count). The van der Waals surface area contributed by atoms with Crippen molar-refractivity contribution in [1.29, 1.82) is 0 Å². The molecule has 2 aromatic rings. The van der Waals surface area contributed by atoms with E-state index in [-0.39, 0.29) is 5.91 Å². The minimum atomic E-state index is 0.0508. The quantitative estimate of drug-likeness (QED) is 0.326. The van der Waals surface area contributed by atoms with Gasteiger partial charge in [0, 0.05) is 11.3 Å². The highest BCUT2D eigenvalue weighted by atomic mass is 16.1. The van der Waals surface area contributed by atoms with Crippen LogP contribution in [-0.4, -0.2) is 5.91 Å². The van der Waals surface area contributed by atoms with Crippen molar-refractivity contribution < 1.29 is 4.79 Å². The molecule has 0 aliphatic rings. The molecule has 1 N–H and O–H groups in total. The number of rotatable bonds is 14. The molecule has 0 fully saturated rings. The van der Waals surface area contributed by atoms with Crippen molar-refractivity contribution >= 4 is 11.6 Å². The van der Waals surface area contributed by atoms with Gasteiger partial charge in [0.15, 0.2) is 0 Å². The van der Waals surface area contributed by atoms with Crippen molar-refractivity contribution in [2.45, 2.75) is 105 Å². The maximum atomic E-state index is 13.5. The summed E-state index contributed by atoms with van der Waals surface area (Å²) >= 11 is 0. The van der Waals surface area contributed by atoms with E-state index in [2.05, 4.69) is 39.1 Å². The lowest BCUT2D eigenvalue weighted by atomic mass is 9.83. The number of hydrogen-bond acceptors (Lipinski definition) is 1. The summed E-state index contributed by atoms with van der Waals surface area (Å²) in [6, 6.07) is 12.1. The predicted molar refractivity (Wildman–Crippen MR) is 135 cm³/mol. The number of carbonyl (C=O) groups is 1. The first-order valence-corrected chi connectivity index (χ1v) is 12.7. The van der Waals surface area contributed by atoms with Gasteiger partial charge in [-0.1, -0.05) is 71.6 Å². The molecule has 0 aliphatic carbocycles. The van der Waals surface area contributed by atoms with Gasteiger partial charge >= 0.3 is 0 Å². The monoisotopic (exact) mass is 421 g/mol. The molecule has 0 atom stereocenters. The van der Waals surface area contributed by atoms with Crippen LogP contribution in [0.25, 0.3) is 0 Å². The summed E-state index contributed by atoms with van der Waals surface area (Å²) in [5, 5.41) is 3.17. The SMILES string of the molecule is CCCCc1cc(C(=O)Nc2ccccc2)c(CCCC)c(CCCC)c1CCCC. The Morgan fingerprint density at radius 1 is 0.677 bits per heavy atom. The molecular formula is C29H43NO. The van der Waals surface area contributed by atoms with Gasteiger partial charge in [0.1, 0.15) is 0 Å². The maximum absolute atomic E-state index is 13.5. The smallest absolute Gasteiger partial charge is 0.255 e. The number of benzene rings is 2. The predicted octanol–water partition coefficient (Wildman–Crippen LogP) is 8.31. The molecule has 0 unspecified atom stereocenters. The lowest BCUT2D eigenvalue weighted by molar-refractivity contribution is 0.102. The lowest BCUT2D eigenvalue weighted by Crippen LogP contribution is -2.18. The summed E-state index contributed by atoms with van der Waals surface area (Å²) in [7, 11) is 0. The van der Waals surface area contributed by atoms with Crippen molar-refractivity contribution in [3.05, 3.63) is 64.2 Å². The van der Waals surface area contributed by atoms with Gasteiger partial charge in [0.25, 0.3) is 5.91 Å². The Kier molecular flexibility index (Phi) is 11.4. The molecule has 0 spiro atoms. The van der Waals surface area contributed by atoms with Crippen molar-refractivity contribution in [3.8, 4) is 0 Å². The minimum absolute atomic E-state index is 0.0508. The van der Waals surface area contributed by atoms with Crippen molar-refractivity contribution in [3.63, 3.8) is 0 Å². The molecule has 1 amide bonds. The van der Waals surface area contributed by atoms with E-state index in [0.717, 1.165) is 49.8 Å². The first kappa shape index (κ1) is 25.2. The van der Waals surface area contributed by atoms with Crippen molar-refractivity contribution in [2.75, 3.05) is 5.32 Å². The number of hydrogen-bond donors (Lipinski definition) is 1. The van der Waals surface area contributed by atoms with E-state index in [1.807, 2.05) is 30.3 Å². The first-order chi connectivity index (χ1) is 15.2. The Morgan fingerprint density at radius 2 is 1.19 bits per heavy atom. The van der Waals surface area contributed by atoms with E-state index in [9.17, 15) is 4.79 Å². The normalized spacial score (nSPS) is 11.0. The zero-order valence-corrected chi connectivity index (χ0v) is 20.4. The fourth-order valence-electron chi connectivity index (χ4n) is 4.36. The second-order valence-corrected chi connectivity index (χ2v) is 8.75. The third-order valence-corrected chi connectivity index (χ3v) is 6.18. The Bertz CT molecular complexity index is 794. The van der Waals surface area contributed by atoms with Crippen LogP contribution in [0.4, 0.5) is 5.69 Å². The zero-order valence-electron chi connectivity index (χ0n) is 20.4. The topological polar surface area (TPSA) is 29.1 Å². The van der Waals surface area contributed by atoms with Gasteiger partial charge < -0.3 is 5.32 Å². The molecular weight excluding hydrogens is 378 g/mol. The molecule has 31 heavy (non-hydrogen) atoms. The number of carbonyl (C=O) groups excluding carboxylic acids is 1. The largest absolute Gasteiger partial charge is 0.322 e. The van der Waals surface area contributed by atoms with Gasteiger partial charge in [0.2, 0.25) is 0 Å². The molecule has 0 radical (unpaired) electrons. The van der Waals surface area contributed by atoms with Gasteiger partial charge in [-0.25, -0.2) is 0 Å². The Morgan fingerprint density at radius 3 is 1.77 bits per heavy atom. The highest BCUT2D eigenvalue weighted by Gasteiger charge is 2.21. The van der Waals surface area contributed by atoms with Crippen LogP contribution in [0.5, 0.6) is 0 Å². The summed E-state index contributed by atoms with van der Waals surface area (Å²) < 4.78 is 0. The Labute approximate surface area is 190 Å². The number of para-hydroxylation sites is 1. The van der Waals surface area contributed by atoms with Crippen molar-refractivity contribution in [2.24, 2.45) is 0 Å². The second-order valence-electron chi connectivity index (χ2n) is 8.75. The van der Waals surface area contributed by atoms with Crippen LogP contribution in [0, 0.1) is 0 Å². The highest BCUT2D eigenvalue weighted by Crippen LogP contribution is 2.30. The van der Waals surface area contributed by atoms with Crippen LogP contribution in [0.15, 0.2) is 36.4 Å². The molecule has 2 aromatic carbocycles.